The van der Waals surface area contributed by atoms with E-state index in [1.165, 1.54) is 6.07 Å². The van der Waals surface area contributed by atoms with Crippen molar-refractivity contribution in [2.45, 2.75) is 18.3 Å². The fourth-order valence-electron chi connectivity index (χ4n) is 3.09. The Balaban J connectivity index is 1.82. The number of hydrogen-bond donors (Lipinski definition) is 1. The number of carbonyl (C=O) groups excluding carboxylic acids is 1. The SMILES string of the molecule is NC(=O)c1ccc2c(n1)C1(CC1)CN2c1ccc(Cl)c(F)c1. The van der Waals surface area contributed by atoms with Crippen molar-refractivity contribution in [2.75, 3.05) is 11.4 Å². The molecule has 0 bridgehead atoms. The number of benzene rings is 1. The Bertz CT molecular complexity index is 804. The monoisotopic (exact) mass is 317 g/mol. The molecule has 2 heterocycles. The Kier molecular flexibility index (Phi) is 2.72. The number of pyridine rings is 1. The van der Waals surface area contributed by atoms with Crippen LogP contribution < -0.4 is 10.6 Å². The normalized spacial score (nSPS) is 17.6. The van der Waals surface area contributed by atoms with E-state index in [1.807, 2.05) is 11.0 Å². The molecule has 0 unspecified atom stereocenters. The quantitative estimate of drug-likeness (QED) is 0.925. The van der Waals surface area contributed by atoms with E-state index in [1.54, 1.807) is 18.2 Å². The van der Waals surface area contributed by atoms with Crippen LogP contribution in [0.1, 0.15) is 29.0 Å². The van der Waals surface area contributed by atoms with Crippen LogP contribution in [0.25, 0.3) is 0 Å². The van der Waals surface area contributed by atoms with E-state index in [2.05, 4.69) is 4.98 Å². The van der Waals surface area contributed by atoms with Crippen molar-refractivity contribution in [1.82, 2.24) is 4.98 Å². The number of halogens is 2. The Hall–Kier alpha value is -2.14. The van der Waals surface area contributed by atoms with Crippen molar-refractivity contribution < 1.29 is 9.18 Å². The predicted molar refractivity (Wildman–Crippen MR) is 82.1 cm³/mol. The average Bonchev–Trinajstić information content (AvgIpc) is 3.20. The van der Waals surface area contributed by atoms with Gasteiger partial charge in [-0.25, -0.2) is 9.37 Å². The minimum Gasteiger partial charge on any atom is -0.364 e. The van der Waals surface area contributed by atoms with Gasteiger partial charge in [0, 0.05) is 17.6 Å². The summed E-state index contributed by atoms with van der Waals surface area (Å²) >= 11 is 5.75. The van der Waals surface area contributed by atoms with E-state index in [-0.39, 0.29) is 16.1 Å². The first-order valence-electron chi connectivity index (χ1n) is 7.04. The summed E-state index contributed by atoms with van der Waals surface area (Å²) in [5.41, 5.74) is 8.09. The molecule has 0 radical (unpaired) electrons. The molecular weight excluding hydrogens is 305 g/mol. The first kappa shape index (κ1) is 13.5. The summed E-state index contributed by atoms with van der Waals surface area (Å²) in [7, 11) is 0. The summed E-state index contributed by atoms with van der Waals surface area (Å²) in [5, 5.41) is 0.103. The van der Waals surface area contributed by atoms with Gasteiger partial charge >= 0.3 is 0 Å². The molecule has 1 aliphatic heterocycles. The van der Waals surface area contributed by atoms with E-state index in [0.29, 0.717) is 0 Å². The number of primary amides is 1. The molecule has 22 heavy (non-hydrogen) atoms. The molecule has 6 heteroatoms. The zero-order valence-corrected chi connectivity index (χ0v) is 12.4. The summed E-state index contributed by atoms with van der Waals surface area (Å²) in [6.45, 7) is 0.735. The molecule has 4 rings (SSSR count). The molecule has 1 saturated carbocycles. The Labute approximate surface area is 131 Å². The largest absolute Gasteiger partial charge is 0.364 e. The van der Waals surface area contributed by atoms with Crippen LogP contribution in [0, 0.1) is 5.82 Å². The van der Waals surface area contributed by atoms with Crippen LogP contribution in [-0.4, -0.2) is 17.4 Å². The minimum absolute atomic E-state index is 0.0308. The number of nitrogens with zero attached hydrogens (tertiary/aromatic N) is 2. The van der Waals surface area contributed by atoms with Crippen LogP contribution in [0.4, 0.5) is 15.8 Å². The Morgan fingerprint density at radius 1 is 1.32 bits per heavy atom. The van der Waals surface area contributed by atoms with Crippen molar-refractivity contribution in [3.63, 3.8) is 0 Å². The highest BCUT2D eigenvalue weighted by Crippen LogP contribution is 2.57. The van der Waals surface area contributed by atoms with Crippen molar-refractivity contribution in [3.8, 4) is 0 Å². The second-order valence-corrected chi connectivity index (χ2v) is 6.30. The van der Waals surface area contributed by atoms with E-state index >= 15 is 0 Å². The Morgan fingerprint density at radius 2 is 2.09 bits per heavy atom. The Morgan fingerprint density at radius 3 is 2.73 bits per heavy atom. The number of rotatable bonds is 2. The first-order valence-corrected chi connectivity index (χ1v) is 7.42. The number of aromatic nitrogens is 1. The maximum atomic E-state index is 13.8. The maximum absolute atomic E-state index is 13.8. The molecule has 1 spiro atoms. The van der Waals surface area contributed by atoms with Crippen LogP contribution in [0.15, 0.2) is 30.3 Å². The number of nitrogens with two attached hydrogens (primary N) is 1. The molecule has 1 aliphatic carbocycles. The van der Waals surface area contributed by atoms with E-state index in [4.69, 9.17) is 17.3 Å². The van der Waals surface area contributed by atoms with Crippen LogP contribution in [-0.2, 0) is 5.41 Å². The van der Waals surface area contributed by atoms with Gasteiger partial charge < -0.3 is 10.6 Å². The van der Waals surface area contributed by atoms with Crippen molar-refractivity contribution in [1.29, 1.82) is 0 Å². The molecule has 0 atom stereocenters. The predicted octanol–water partition coefficient (Wildman–Crippen LogP) is 3.16. The fraction of sp³-hybridized carbons (Fsp3) is 0.250. The van der Waals surface area contributed by atoms with Crippen LogP contribution in [0.5, 0.6) is 0 Å². The van der Waals surface area contributed by atoms with Gasteiger partial charge in [-0.2, -0.15) is 0 Å². The third-order valence-electron chi connectivity index (χ3n) is 4.45. The van der Waals surface area contributed by atoms with Gasteiger partial charge in [-0.15, -0.1) is 0 Å². The van der Waals surface area contributed by atoms with E-state index in [0.717, 1.165) is 36.5 Å². The third-order valence-corrected chi connectivity index (χ3v) is 4.76. The van der Waals surface area contributed by atoms with Gasteiger partial charge in [0.2, 0.25) is 0 Å². The van der Waals surface area contributed by atoms with Gasteiger partial charge in [0.1, 0.15) is 11.5 Å². The molecular formula is C16H13ClFN3O. The fourth-order valence-corrected chi connectivity index (χ4v) is 3.21. The number of carbonyl (C=O) groups is 1. The molecule has 0 saturated heterocycles. The summed E-state index contributed by atoms with van der Waals surface area (Å²) in [5.74, 6) is -0.978. The highest BCUT2D eigenvalue weighted by atomic mass is 35.5. The van der Waals surface area contributed by atoms with Gasteiger partial charge in [0.15, 0.2) is 0 Å². The molecule has 4 nitrogen and oxygen atoms in total. The minimum atomic E-state index is -0.533. The molecule has 2 aromatic rings. The molecule has 1 aromatic carbocycles. The van der Waals surface area contributed by atoms with Crippen LogP contribution in [0.3, 0.4) is 0 Å². The number of anilines is 2. The molecule has 1 aromatic heterocycles. The van der Waals surface area contributed by atoms with Gasteiger partial charge in [0.05, 0.1) is 16.4 Å². The maximum Gasteiger partial charge on any atom is 0.267 e. The summed E-state index contributed by atoms with van der Waals surface area (Å²) in [6.07, 6.45) is 2.03. The highest BCUT2D eigenvalue weighted by Gasteiger charge is 2.53. The van der Waals surface area contributed by atoms with Gasteiger partial charge in [-0.05, 0) is 43.2 Å². The lowest BCUT2D eigenvalue weighted by molar-refractivity contribution is 0.0995. The lowest BCUT2D eigenvalue weighted by atomic mass is 10.0. The van der Waals surface area contributed by atoms with Crippen LogP contribution >= 0.6 is 11.6 Å². The summed E-state index contributed by atoms with van der Waals surface area (Å²) in [6, 6.07) is 8.22. The van der Waals surface area contributed by atoms with Crippen molar-refractivity contribution >= 4 is 28.9 Å². The van der Waals surface area contributed by atoms with Crippen LogP contribution in [0.2, 0.25) is 5.02 Å². The van der Waals surface area contributed by atoms with Gasteiger partial charge in [-0.1, -0.05) is 11.6 Å². The number of hydrogen-bond acceptors (Lipinski definition) is 3. The zero-order valence-electron chi connectivity index (χ0n) is 11.6. The zero-order chi connectivity index (χ0) is 15.5. The highest BCUT2D eigenvalue weighted by molar-refractivity contribution is 6.30. The second kappa shape index (κ2) is 4.43. The summed E-state index contributed by atoms with van der Waals surface area (Å²) in [4.78, 5) is 17.8. The van der Waals surface area contributed by atoms with Gasteiger partial charge in [-0.3, -0.25) is 4.79 Å². The van der Waals surface area contributed by atoms with Crippen molar-refractivity contribution in [2.24, 2.45) is 5.73 Å². The summed E-state index contributed by atoms with van der Waals surface area (Å²) < 4.78 is 13.8. The van der Waals surface area contributed by atoms with Crippen molar-refractivity contribution in [3.05, 3.63) is 52.6 Å². The molecule has 2 N–H and O–H groups in total. The standard InChI is InChI=1S/C16H13ClFN3O/c17-10-2-1-9(7-11(10)18)21-8-16(5-6-16)14-13(21)4-3-12(20-14)15(19)22/h1-4,7H,5-6,8H2,(H2,19,22). The van der Waals surface area contributed by atoms with E-state index < -0.39 is 11.7 Å². The molecule has 1 fully saturated rings. The number of fused-ring (bicyclic) bond motifs is 2. The molecule has 2 aliphatic rings. The van der Waals surface area contributed by atoms with E-state index in [9.17, 15) is 9.18 Å². The lowest BCUT2D eigenvalue weighted by Gasteiger charge is -2.20. The average molecular weight is 318 g/mol. The number of amides is 1. The van der Waals surface area contributed by atoms with Gasteiger partial charge in [0.25, 0.3) is 5.91 Å². The molecule has 1 amide bonds. The molecule has 112 valence electrons. The lowest BCUT2D eigenvalue weighted by Crippen LogP contribution is -2.19. The smallest absolute Gasteiger partial charge is 0.267 e. The third kappa shape index (κ3) is 1.89. The first-order chi connectivity index (χ1) is 10.5. The second-order valence-electron chi connectivity index (χ2n) is 5.89. The topological polar surface area (TPSA) is 59.2 Å².